The smallest absolute Gasteiger partial charge is 0.168 e. The number of nitrogens with zero attached hydrogens (tertiary/aromatic N) is 3. The van der Waals surface area contributed by atoms with Gasteiger partial charge in [-0.1, -0.05) is 42.5 Å². The Bertz CT molecular complexity index is 1360. The Hall–Kier alpha value is -4.03. The van der Waals surface area contributed by atoms with Crippen LogP contribution in [0.15, 0.2) is 79.3 Å². The number of rotatable bonds is 9. The predicted molar refractivity (Wildman–Crippen MR) is 132 cm³/mol. The molecular weight excluding hydrogens is 438 g/mol. The zero-order chi connectivity index (χ0) is 24.2. The number of epoxide rings is 1. The van der Waals surface area contributed by atoms with Crippen molar-refractivity contribution < 1.29 is 14.3 Å². The van der Waals surface area contributed by atoms with Crippen LogP contribution < -0.4 is 0 Å². The molecule has 1 aliphatic heterocycles. The normalized spacial score (nSPS) is 14.5. The molecular formula is C29H25N3O3. The zero-order valence-electron chi connectivity index (χ0n) is 19.5. The molecule has 0 N–H and O–H groups in total. The van der Waals surface area contributed by atoms with E-state index in [9.17, 15) is 9.59 Å². The fourth-order valence-electron chi connectivity index (χ4n) is 4.00. The SMILES string of the molecule is Cc1ccc(CC(=O)c2ccc(CC(=O)[C@H]3CO3)cc2)cc1Cc1nccc(-c2cccnc2)n1. The number of hydrogen-bond acceptors (Lipinski definition) is 6. The molecule has 35 heavy (non-hydrogen) atoms. The van der Waals surface area contributed by atoms with Gasteiger partial charge in [0.25, 0.3) is 0 Å². The van der Waals surface area contributed by atoms with Crippen molar-refractivity contribution in [3.8, 4) is 11.3 Å². The van der Waals surface area contributed by atoms with Crippen LogP contribution in [0.5, 0.6) is 0 Å². The number of benzene rings is 2. The Morgan fingerprint density at radius 3 is 2.51 bits per heavy atom. The van der Waals surface area contributed by atoms with E-state index in [1.807, 2.05) is 42.5 Å². The second kappa shape index (κ2) is 10.1. The lowest BCUT2D eigenvalue weighted by molar-refractivity contribution is -0.119. The molecule has 6 heteroatoms. The lowest BCUT2D eigenvalue weighted by Gasteiger charge is -2.10. The lowest BCUT2D eigenvalue weighted by atomic mass is 9.96. The molecule has 0 bridgehead atoms. The molecule has 0 radical (unpaired) electrons. The molecule has 0 aliphatic carbocycles. The molecule has 3 heterocycles. The van der Waals surface area contributed by atoms with Crippen molar-refractivity contribution in [3.63, 3.8) is 0 Å². The Balaban J connectivity index is 1.27. The Kier molecular flexibility index (Phi) is 6.55. The Labute approximate surface area is 204 Å². The summed E-state index contributed by atoms with van der Waals surface area (Å²) < 4.78 is 5.04. The minimum absolute atomic E-state index is 0.0398. The summed E-state index contributed by atoms with van der Waals surface area (Å²) >= 11 is 0. The van der Waals surface area contributed by atoms with Gasteiger partial charge in [0.05, 0.1) is 12.3 Å². The van der Waals surface area contributed by atoms with Crippen molar-refractivity contribution in [1.82, 2.24) is 15.0 Å². The topological polar surface area (TPSA) is 85.3 Å². The summed E-state index contributed by atoms with van der Waals surface area (Å²) in [5.74, 6) is 0.851. The molecule has 1 aliphatic rings. The van der Waals surface area contributed by atoms with Gasteiger partial charge in [-0.2, -0.15) is 0 Å². The number of carbonyl (C=O) groups excluding carboxylic acids is 2. The van der Waals surface area contributed by atoms with Crippen molar-refractivity contribution in [2.24, 2.45) is 0 Å². The highest BCUT2D eigenvalue weighted by molar-refractivity contribution is 5.97. The minimum atomic E-state index is -0.240. The quantitative estimate of drug-likeness (QED) is 0.271. The van der Waals surface area contributed by atoms with Gasteiger partial charge in [-0.25, -0.2) is 9.97 Å². The standard InChI is InChI=1S/C29H25N3O3/c1-19-4-5-21(15-26(33)22-8-6-20(7-9-22)14-27(34)28-18-35-28)13-24(19)16-29-31-12-10-25(32-29)23-3-2-11-30-17-23/h2-13,17,28H,14-16,18H2,1H3/t28-/m1/s1. The van der Waals surface area contributed by atoms with Gasteiger partial charge in [0.15, 0.2) is 11.6 Å². The number of pyridine rings is 1. The lowest BCUT2D eigenvalue weighted by Crippen LogP contribution is -2.10. The van der Waals surface area contributed by atoms with Gasteiger partial charge >= 0.3 is 0 Å². The zero-order valence-corrected chi connectivity index (χ0v) is 19.5. The number of hydrogen-bond donors (Lipinski definition) is 0. The summed E-state index contributed by atoms with van der Waals surface area (Å²) in [5.41, 5.74) is 6.49. The average Bonchev–Trinajstić information content (AvgIpc) is 3.73. The van der Waals surface area contributed by atoms with Crippen LogP contribution in [-0.4, -0.2) is 39.2 Å². The second-order valence-corrected chi connectivity index (χ2v) is 8.80. The average molecular weight is 464 g/mol. The summed E-state index contributed by atoms with van der Waals surface area (Å²) in [6.07, 6.45) is 6.27. The number of carbonyl (C=O) groups is 2. The molecule has 6 nitrogen and oxygen atoms in total. The van der Waals surface area contributed by atoms with Crippen molar-refractivity contribution in [2.75, 3.05) is 6.61 Å². The van der Waals surface area contributed by atoms with Crippen LogP contribution >= 0.6 is 0 Å². The summed E-state index contributed by atoms with van der Waals surface area (Å²) in [5, 5.41) is 0. The van der Waals surface area contributed by atoms with Gasteiger partial charge in [0.2, 0.25) is 0 Å². The molecule has 1 saturated heterocycles. The third kappa shape index (κ3) is 5.73. The Morgan fingerprint density at radius 2 is 1.77 bits per heavy atom. The minimum Gasteiger partial charge on any atom is -0.365 e. The van der Waals surface area contributed by atoms with Crippen molar-refractivity contribution >= 4 is 11.6 Å². The summed E-state index contributed by atoms with van der Waals surface area (Å²) in [7, 11) is 0. The highest BCUT2D eigenvalue weighted by atomic mass is 16.6. The fourth-order valence-corrected chi connectivity index (χ4v) is 4.00. The van der Waals surface area contributed by atoms with Crippen LogP contribution in [0.2, 0.25) is 0 Å². The third-order valence-corrected chi connectivity index (χ3v) is 6.14. The molecule has 174 valence electrons. The van der Waals surface area contributed by atoms with E-state index < -0.39 is 0 Å². The Morgan fingerprint density at radius 1 is 0.971 bits per heavy atom. The van der Waals surface area contributed by atoms with E-state index in [1.165, 1.54) is 0 Å². The molecule has 2 aromatic carbocycles. The number of ketones is 2. The number of ether oxygens (including phenoxy) is 1. The molecule has 0 amide bonds. The summed E-state index contributed by atoms with van der Waals surface area (Å²) in [6, 6.07) is 19.1. The number of aryl methyl sites for hydroxylation is 1. The van der Waals surface area contributed by atoms with E-state index in [2.05, 4.69) is 23.0 Å². The van der Waals surface area contributed by atoms with Crippen LogP contribution in [0.3, 0.4) is 0 Å². The molecule has 1 atom stereocenters. The van der Waals surface area contributed by atoms with Crippen molar-refractivity contribution in [2.45, 2.75) is 32.3 Å². The molecule has 1 fully saturated rings. The number of aromatic nitrogens is 3. The molecule has 4 aromatic rings. The van der Waals surface area contributed by atoms with Crippen LogP contribution in [0.1, 0.15) is 38.4 Å². The molecule has 0 spiro atoms. The summed E-state index contributed by atoms with van der Waals surface area (Å²) in [4.78, 5) is 38.1. The maximum atomic E-state index is 12.9. The monoisotopic (exact) mass is 463 g/mol. The van der Waals surface area contributed by atoms with E-state index in [1.54, 1.807) is 30.7 Å². The van der Waals surface area contributed by atoms with Crippen LogP contribution in [-0.2, 0) is 28.8 Å². The largest absolute Gasteiger partial charge is 0.365 e. The van der Waals surface area contributed by atoms with Gasteiger partial charge in [0.1, 0.15) is 11.9 Å². The van der Waals surface area contributed by atoms with Gasteiger partial charge in [0, 0.05) is 49.0 Å². The van der Waals surface area contributed by atoms with Gasteiger partial charge < -0.3 is 4.74 Å². The van der Waals surface area contributed by atoms with Gasteiger partial charge in [-0.3, -0.25) is 14.6 Å². The highest BCUT2D eigenvalue weighted by Gasteiger charge is 2.30. The van der Waals surface area contributed by atoms with Crippen molar-refractivity contribution in [3.05, 3.63) is 113 Å². The van der Waals surface area contributed by atoms with E-state index in [-0.39, 0.29) is 17.7 Å². The molecule has 0 unspecified atom stereocenters. The first-order chi connectivity index (χ1) is 17.0. The highest BCUT2D eigenvalue weighted by Crippen LogP contribution is 2.20. The maximum Gasteiger partial charge on any atom is 0.168 e. The van der Waals surface area contributed by atoms with Gasteiger partial charge in [-0.15, -0.1) is 0 Å². The van der Waals surface area contributed by atoms with E-state index in [0.717, 1.165) is 39.3 Å². The van der Waals surface area contributed by atoms with Crippen molar-refractivity contribution in [1.29, 1.82) is 0 Å². The maximum absolute atomic E-state index is 12.9. The van der Waals surface area contributed by atoms with E-state index >= 15 is 0 Å². The second-order valence-electron chi connectivity index (χ2n) is 8.80. The van der Waals surface area contributed by atoms with Crippen LogP contribution in [0, 0.1) is 6.92 Å². The van der Waals surface area contributed by atoms with Crippen LogP contribution in [0.4, 0.5) is 0 Å². The first kappa shape index (κ1) is 22.7. The predicted octanol–water partition coefficient (Wildman–Crippen LogP) is 4.37. The third-order valence-electron chi connectivity index (χ3n) is 6.14. The first-order valence-corrected chi connectivity index (χ1v) is 11.6. The van der Waals surface area contributed by atoms with E-state index in [4.69, 9.17) is 9.72 Å². The molecule has 5 rings (SSSR count). The summed E-state index contributed by atoms with van der Waals surface area (Å²) in [6.45, 7) is 2.58. The number of Topliss-reactive ketones (excluding diaryl/α,β-unsaturated/α-hetero) is 2. The molecule has 0 saturated carbocycles. The van der Waals surface area contributed by atoms with Gasteiger partial charge in [-0.05, 0) is 47.4 Å². The fraction of sp³-hybridized carbons (Fsp3) is 0.207. The molecule has 2 aromatic heterocycles. The first-order valence-electron chi connectivity index (χ1n) is 11.6. The van der Waals surface area contributed by atoms with Crippen LogP contribution in [0.25, 0.3) is 11.3 Å². The van der Waals surface area contributed by atoms with E-state index in [0.29, 0.717) is 31.4 Å².